The summed E-state index contributed by atoms with van der Waals surface area (Å²) in [6.45, 7) is 0. The number of ether oxygens (including phenoxy) is 1. The zero-order valence-electron chi connectivity index (χ0n) is 8.12. The lowest BCUT2D eigenvalue weighted by molar-refractivity contribution is 0.0599. The van der Waals surface area contributed by atoms with Crippen LogP contribution in [0.1, 0.15) is 33.9 Å². The molecule has 0 aromatic heterocycles. The highest BCUT2D eigenvalue weighted by molar-refractivity contribution is 5.91. The molecule has 1 atom stereocenters. The summed E-state index contributed by atoms with van der Waals surface area (Å²) in [5, 5.41) is 0. The number of esters is 1. The topological polar surface area (TPSA) is 52.3 Å². The van der Waals surface area contributed by atoms with Crippen LogP contribution in [0.25, 0.3) is 0 Å². The molecule has 0 aliphatic heterocycles. The molecule has 0 heterocycles. The molecule has 2 N–H and O–H groups in total. The molecule has 1 aliphatic rings. The van der Waals surface area contributed by atoms with E-state index in [9.17, 15) is 4.79 Å². The fraction of sp³-hybridized carbons (Fsp3) is 0.364. The summed E-state index contributed by atoms with van der Waals surface area (Å²) in [6.07, 6.45) is 1.88. The number of hydrogen-bond donors (Lipinski definition) is 1. The molecule has 0 amide bonds. The van der Waals surface area contributed by atoms with Crippen LogP contribution in [-0.4, -0.2) is 13.1 Å². The van der Waals surface area contributed by atoms with Gasteiger partial charge in [-0.3, -0.25) is 0 Å². The van der Waals surface area contributed by atoms with Gasteiger partial charge in [0.15, 0.2) is 0 Å². The number of nitrogens with two attached hydrogens (primary N) is 1. The second kappa shape index (κ2) is 3.42. The lowest BCUT2D eigenvalue weighted by atomic mass is 10.0. The Kier molecular flexibility index (Phi) is 2.25. The average Bonchev–Trinajstić information content (AvgIpc) is 2.59. The van der Waals surface area contributed by atoms with Crippen molar-refractivity contribution in [1.29, 1.82) is 0 Å². The first-order valence-corrected chi connectivity index (χ1v) is 4.69. The second-order valence-electron chi connectivity index (χ2n) is 3.52. The van der Waals surface area contributed by atoms with Crippen molar-refractivity contribution in [3.05, 3.63) is 34.9 Å². The van der Waals surface area contributed by atoms with Crippen molar-refractivity contribution >= 4 is 5.97 Å². The molecule has 3 nitrogen and oxygen atoms in total. The predicted molar refractivity (Wildman–Crippen MR) is 53.0 cm³/mol. The third kappa shape index (κ3) is 1.30. The zero-order chi connectivity index (χ0) is 10.1. The fourth-order valence-electron chi connectivity index (χ4n) is 2.01. The van der Waals surface area contributed by atoms with Crippen LogP contribution in [-0.2, 0) is 11.2 Å². The summed E-state index contributed by atoms with van der Waals surface area (Å²) < 4.78 is 4.72. The molecule has 1 aliphatic carbocycles. The Morgan fingerprint density at radius 1 is 1.57 bits per heavy atom. The van der Waals surface area contributed by atoms with E-state index in [0.29, 0.717) is 5.56 Å². The number of carbonyl (C=O) groups is 1. The zero-order valence-corrected chi connectivity index (χ0v) is 8.12. The number of rotatable bonds is 1. The van der Waals surface area contributed by atoms with Gasteiger partial charge in [0.05, 0.1) is 12.7 Å². The van der Waals surface area contributed by atoms with Crippen molar-refractivity contribution in [2.24, 2.45) is 5.73 Å². The number of aryl methyl sites for hydroxylation is 1. The molecule has 0 bridgehead atoms. The van der Waals surface area contributed by atoms with Crippen LogP contribution in [0.2, 0.25) is 0 Å². The molecular weight excluding hydrogens is 178 g/mol. The number of hydrogen-bond acceptors (Lipinski definition) is 3. The number of carbonyl (C=O) groups excluding carboxylic acids is 1. The molecule has 14 heavy (non-hydrogen) atoms. The standard InChI is InChI=1S/C11H13NO2/c1-14-11(13)8-4-2-3-7-5-6-9(12)10(7)8/h2-4,9H,5-6,12H2,1H3/t9-/m0/s1. The van der Waals surface area contributed by atoms with Crippen LogP contribution in [0.3, 0.4) is 0 Å². The van der Waals surface area contributed by atoms with Gasteiger partial charge in [-0.05, 0) is 30.0 Å². The van der Waals surface area contributed by atoms with E-state index in [1.54, 1.807) is 6.07 Å². The van der Waals surface area contributed by atoms with Crippen LogP contribution in [0.15, 0.2) is 18.2 Å². The maximum Gasteiger partial charge on any atom is 0.338 e. The smallest absolute Gasteiger partial charge is 0.338 e. The van der Waals surface area contributed by atoms with E-state index in [4.69, 9.17) is 10.5 Å². The van der Waals surface area contributed by atoms with Gasteiger partial charge in [-0.15, -0.1) is 0 Å². The number of benzene rings is 1. The molecule has 2 rings (SSSR count). The molecule has 0 unspecified atom stereocenters. The van der Waals surface area contributed by atoms with E-state index in [2.05, 4.69) is 0 Å². The van der Waals surface area contributed by atoms with Crippen LogP contribution in [0.5, 0.6) is 0 Å². The Balaban J connectivity index is 2.52. The first-order valence-electron chi connectivity index (χ1n) is 4.69. The highest BCUT2D eigenvalue weighted by atomic mass is 16.5. The Bertz CT molecular complexity index is 374. The molecule has 0 saturated carbocycles. The minimum Gasteiger partial charge on any atom is -0.465 e. The number of fused-ring (bicyclic) bond motifs is 1. The van der Waals surface area contributed by atoms with Crippen molar-refractivity contribution in [1.82, 2.24) is 0 Å². The molecule has 0 radical (unpaired) electrons. The van der Waals surface area contributed by atoms with Gasteiger partial charge in [-0.2, -0.15) is 0 Å². The van der Waals surface area contributed by atoms with Crippen molar-refractivity contribution < 1.29 is 9.53 Å². The van der Waals surface area contributed by atoms with Crippen LogP contribution in [0, 0.1) is 0 Å². The largest absolute Gasteiger partial charge is 0.465 e. The second-order valence-corrected chi connectivity index (χ2v) is 3.52. The van der Waals surface area contributed by atoms with Gasteiger partial charge in [0.25, 0.3) is 0 Å². The monoisotopic (exact) mass is 191 g/mol. The van der Waals surface area contributed by atoms with E-state index in [0.717, 1.165) is 18.4 Å². The minimum absolute atomic E-state index is 0.0136. The lowest BCUT2D eigenvalue weighted by Gasteiger charge is -2.09. The summed E-state index contributed by atoms with van der Waals surface area (Å²) in [5.74, 6) is -0.292. The molecular formula is C11H13NO2. The molecule has 0 saturated heterocycles. The molecule has 1 aromatic rings. The van der Waals surface area contributed by atoms with Gasteiger partial charge < -0.3 is 10.5 Å². The summed E-state index contributed by atoms with van der Waals surface area (Å²) in [4.78, 5) is 11.4. The normalized spacial score (nSPS) is 19.1. The first kappa shape index (κ1) is 9.21. The van der Waals surface area contributed by atoms with E-state index in [1.165, 1.54) is 12.7 Å². The van der Waals surface area contributed by atoms with Gasteiger partial charge in [-0.25, -0.2) is 4.79 Å². The van der Waals surface area contributed by atoms with E-state index in [1.807, 2.05) is 12.1 Å². The highest BCUT2D eigenvalue weighted by Crippen LogP contribution is 2.32. The van der Waals surface area contributed by atoms with Gasteiger partial charge in [0, 0.05) is 6.04 Å². The summed E-state index contributed by atoms with van der Waals surface area (Å²) >= 11 is 0. The third-order valence-electron chi connectivity index (χ3n) is 2.70. The predicted octanol–water partition coefficient (Wildman–Crippen LogP) is 1.42. The lowest BCUT2D eigenvalue weighted by Crippen LogP contribution is -2.12. The van der Waals surface area contributed by atoms with Gasteiger partial charge in [0.1, 0.15) is 0 Å². The summed E-state index contributed by atoms with van der Waals surface area (Å²) in [5.41, 5.74) is 8.70. The molecule has 3 heteroatoms. The third-order valence-corrected chi connectivity index (χ3v) is 2.70. The van der Waals surface area contributed by atoms with Crippen molar-refractivity contribution in [3.63, 3.8) is 0 Å². The van der Waals surface area contributed by atoms with Gasteiger partial charge in [0.2, 0.25) is 0 Å². The van der Waals surface area contributed by atoms with Crippen molar-refractivity contribution in [2.75, 3.05) is 7.11 Å². The molecule has 74 valence electrons. The SMILES string of the molecule is COC(=O)c1cccc2c1[C@@H](N)CC2. The molecule has 1 aromatic carbocycles. The summed E-state index contributed by atoms with van der Waals surface area (Å²) in [6, 6.07) is 5.66. The molecule has 0 fully saturated rings. The van der Waals surface area contributed by atoms with E-state index in [-0.39, 0.29) is 12.0 Å². The van der Waals surface area contributed by atoms with E-state index >= 15 is 0 Å². The maximum absolute atomic E-state index is 11.4. The minimum atomic E-state index is -0.292. The molecule has 0 spiro atoms. The van der Waals surface area contributed by atoms with E-state index < -0.39 is 0 Å². The number of methoxy groups -OCH3 is 1. The fourth-order valence-corrected chi connectivity index (χ4v) is 2.01. The van der Waals surface area contributed by atoms with Crippen LogP contribution < -0.4 is 5.73 Å². The summed E-state index contributed by atoms with van der Waals surface area (Å²) in [7, 11) is 1.39. The van der Waals surface area contributed by atoms with Crippen LogP contribution >= 0.6 is 0 Å². The van der Waals surface area contributed by atoms with Crippen molar-refractivity contribution in [2.45, 2.75) is 18.9 Å². The first-order chi connectivity index (χ1) is 6.74. The quantitative estimate of drug-likeness (QED) is 0.683. The average molecular weight is 191 g/mol. The van der Waals surface area contributed by atoms with Crippen molar-refractivity contribution in [3.8, 4) is 0 Å². The van der Waals surface area contributed by atoms with Gasteiger partial charge >= 0.3 is 5.97 Å². The Morgan fingerprint density at radius 3 is 3.07 bits per heavy atom. The Labute approximate surface area is 82.9 Å². The van der Waals surface area contributed by atoms with Crippen LogP contribution in [0.4, 0.5) is 0 Å². The Hall–Kier alpha value is -1.35. The highest BCUT2D eigenvalue weighted by Gasteiger charge is 2.24. The van der Waals surface area contributed by atoms with Gasteiger partial charge in [-0.1, -0.05) is 12.1 Å². The maximum atomic E-state index is 11.4. The Morgan fingerprint density at radius 2 is 2.36 bits per heavy atom.